The van der Waals surface area contributed by atoms with Crippen LogP contribution in [-0.2, 0) is 9.13 Å². The highest BCUT2D eigenvalue weighted by Crippen LogP contribution is 2.32. The molecule has 0 bridgehead atoms. The minimum atomic E-state index is -4.67. The zero-order chi connectivity index (χ0) is 19.7. The Labute approximate surface area is 195 Å². The van der Waals surface area contributed by atoms with Gasteiger partial charge in [0.25, 0.3) is 0 Å². The second kappa shape index (κ2) is 16.5. The molecule has 2 rings (SSSR count). The van der Waals surface area contributed by atoms with E-state index in [1.54, 1.807) is 36.4 Å². The molecule has 0 radical (unpaired) electrons. The molecule has 10 N–H and O–H groups in total. The van der Waals surface area contributed by atoms with Crippen molar-refractivity contribution in [1.82, 2.24) is 0 Å². The molecule has 0 amide bonds. The summed E-state index contributed by atoms with van der Waals surface area (Å²) in [5.74, 6) is 0.362. The lowest BCUT2D eigenvalue weighted by Gasteiger charge is -2.15. The third-order valence-corrected chi connectivity index (χ3v) is 2.52. The molecule has 0 saturated heterocycles. The average molecular weight is 665 g/mol. The average Bonchev–Trinajstić information content (AvgIpc) is 2.42. The summed E-state index contributed by atoms with van der Waals surface area (Å²) < 4.78 is 23.6. The van der Waals surface area contributed by atoms with Gasteiger partial charge in [0.15, 0.2) is 0 Å². The van der Waals surface area contributed by atoms with E-state index in [0.717, 1.165) is 18.0 Å². The van der Waals surface area contributed by atoms with Crippen LogP contribution in [0.1, 0.15) is 0 Å². The number of phenolic OH excluding ortho intramolecular Hbond substituents is 1. The molecule has 0 saturated carbocycles. The molecule has 11 nitrogen and oxygen atoms in total. The first-order chi connectivity index (χ1) is 11.3. The Balaban J connectivity index is -0.000000159. The molecule has 0 aromatic heterocycles. The fraction of sp³-hybridized carbons (Fsp3) is 0.0769. The number of aromatic hydroxyl groups is 1. The van der Waals surface area contributed by atoms with Crippen molar-refractivity contribution in [2.75, 3.05) is 6.66 Å². The minimum Gasteiger partial charge on any atom is -1.00 e. The standard InChI is InChI=1S/C6H8NO4P.C6H7NO.CH5O3P.2HI.H2O/c7-5-1-3-6(4-2-5)11-12(8,9)10;7-5-1-3-6(8)4-2-5;1-5(2,3)4;;;/h1-4H,7H2,(H2,8,9,10);1-4,8H,7H2;1H3,(H2,2,3,4);2*1H;1H2/p-3. The SMILES string of the molecule is CP(=O)([O-])O.[I-].[I-].[NH3+]c1ccc(O)cc1.[NH3+]c1ccc(OP(=O)([O-])O)cc1.[OH-]. The number of benzene rings is 2. The van der Waals surface area contributed by atoms with Crippen molar-refractivity contribution in [3.8, 4) is 11.5 Å². The molecule has 15 heteroatoms. The van der Waals surface area contributed by atoms with Gasteiger partial charge < -0.3 is 98.7 Å². The summed E-state index contributed by atoms with van der Waals surface area (Å²) in [6.45, 7) is 0.743. The summed E-state index contributed by atoms with van der Waals surface area (Å²) in [6.07, 6.45) is 0. The molecule has 2 atom stereocenters. The highest BCUT2D eigenvalue weighted by atomic mass is 127. The lowest BCUT2D eigenvalue weighted by atomic mass is 10.3. The van der Waals surface area contributed by atoms with Crippen LogP contribution in [0.2, 0.25) is 0 Å². The first-order valence-corrected chi connectivity index (χ1v) is 10.1. The van der Waals surface area contributed by atoms with Gasteiger partial charge in [0.1, 0.15) is 30.5 Å². The van der Waals surface area contributed by atoms with Crippen LogP contribution in [-0.4, -0.2) is 27.0 Å². The predicted octanol–water partition coefficient (Wildman–Crippen LogP) is -7.34. The minimum absolute atomic E-state index is 0. The molecule has 2 aromatic carbocycles. The van der Waals surface area contributed by atoms with E-state index >= 15 is 0 Å². The van der Waals surface area contributed by atoms with Crippen LogP contribution in [0.5, 0.6) is 11.5 Å². The van der Waals surface area contributed by atoms with Crippen molar-refractivity contribution in [1.29, 1.82) is 0 Å². The topological polar surface area (TPSA) is 235 Å². The van der Waals surface area contributed by atoms with E-state index in [4.69, 9.17) is 14.9 Å². The number of hydrogen-bond donors (Lipinski definition) is 5. The van der Waals surface area contributed by atoms with Gasteiger partial charge in [-0.25, -0.2) is 0 Å². The molecule has 0 fully saturated rings. The van der Waals surface area contributed by atoms with Gasteiger partial charge in [0.05, 0.1) is 0 Å². The summed E-state index contributed by atoms with van der Waals surface area (Å²) in [5.41, 5.74) is 8.90. The lowest BCUT2D eigenvalue weighted by molar-refractivity contribution is -0.255. The largest absolute Gasteiger partial charge is 1.00 e. The highest BCUT2D eigenvalue weighted by molar-refractivity contribution is 7.49. The first kappa shape index (κ1) is 35.1. The van der Waals surface area contributed by atoms with Gasteiger partial charge in [-0.05, 0) is 24.3 Å². The van der Waals surface area contributed by atoms with Crippen LogP contribution in [0, 0.1) is 0 Å². The van der Waals surface area contributed by atoms with Crippen LogP contribution >= 0.6 is 15.4 Å². The van der Waals surface area contributed by atoms with Gasteiger partial charge in [0, 0.05) is 30.9 Å². The normalized spacial score (nSPS) is 13.0. The maximum absolute atomic E-state index is 10.2. The van der Waals surface area contributed by atoms with E-state index < -0.39 is 15.4 Å². The molecular formula is C13H21I2N2O9P2-3. The van der Waals surface area contributed by atoms with E-state index in [-0.39, 0.29) is 64.9 Å². The molecule has 2 unspecified atom stereocenters. The van der Waals surface area contributed by atoms with Crippen molar-refractivity contribution in [3.63, 3.8) is 0 Å². The Kier molecular flexibility index (Phi) is 20.7. The molecule has 0 aliphatic heterocycles. The second-order valence-corrected chi connectivity index (χ2v) is 7.40. The maximum Gasteiger partial charge on any atom is 0.317 e. The molecule has 0 aliphatic carbocycles. The number of quaternary nitrogens is 2. The van der Waals surface area contributed by atoms with Crippen LogP contribution in [0.4, 0.5) is 11.4 Å². The van der Waals surface area contributed by atoms with E-state index in [1.165, 1.54) is 12.1 Å². The Hall–Kier alpha value is -0.320. The fourth-order valence-corrected chi connectivity index (χ4v) is 1.57. The van der Waals surface area contributed by atoms with Crippen molar-refractivity contribution < 1.29 is 103 Å². The highest BCUT2D eigenvalue weighted by Gasteiger charge is 2.03. The number of phosphoric acid groups is 1. The van der Waals surface area contributed by atoms with E-state index in [0.29, 0.717) is 0 Å². The molecule has 0 aliphatic rings. The van der Waals surface area contributed by atoms with Crippen LogP contribution in [0.15, 0.2) is 48.5 Å². The quantitative estimate of drug-likeness (QED) is 0.151. The van der Waals surface area contributed by atoms with Gasteiger partial charge in [-0.1, -0.05) is 0 Å². The number of rotatable bonds is 2. The van der Waals surface area contributed by atoms with Gasteiger partial charge in [-0.3, -0.25) is 4.57 Å². The zero-order valence-electron chi connectivity index (χ0n) is 14.5. The zero-order valence-corrected chi connectivity index (χ0v) is 20.6. The maximum atomic E-state index is 10.2. The smallest absolute Gasteiger partial charge is 0.317 e. The van der Waals surface area contributed by atoms with Crippen LogP contribution < -0.4 is 73.7 Å². The van der Waals surface area contributed by atoms with Gasteiger partial charge in [-0.2, -0.15) is 0 Å². The molecule has 2 aromatic rings. The van der Waals surface area contributed by atoms with Crippen molar-refractivity contribution in [2.45, 2.75) is 0 Å². The van der Waals surface area contributed by atoms with Crippen molar-refractivity contribution >= 4 is 26.8 Å². The van der Waals surface area contributed by atoms with E-state index in [1.807, 2.05) is 0 Å². The van der Waals surface area contributed by atoms with Gasteiger partial charge in [-0.15, -0.1) is 0 Å². The second-order valence-electron chi connectivity index (χ2n) is 4.67. The van der Waals surface area contributed by atoms with Crippen LogP contribution in [0.25, 0.3) is 0 Å². The summed E-state index contributed by atoms with van der Waals surface area (Å²) >= 11 is 0. The molecule has 0 spiro atoms. The van der Waals surface area contributed by atoms with Gasteiger partial charge >= 0.3 is 7.82 Å². The molecule has 0 heterocycles. The fourth-order valence-electron chi connectivity index (χ4n) is 1.18. The number of hydrogen-bond acceptors (Lipinski definition) is 7. The summed E-state index contributed by atoms with van der Waals surface area (Å²) in [6, 6.07) is 12.7. The summed E-state index contributed by atoms with van der Waals surface area (Å²) in [4.78, 5) is 35.3. The number of halogens is 2. The first-order valence-electron chi connectivity index (χ1n) is 6.54. The Morgan fingerprint density at radius 1 is 0.857 bits per heavy atom. The number of phosphoric ester groups is 1. The summed E-state index contributed by atoms with van der Waals surface area (Å²) in [5, 5.41) is 8.73. The molecule has 28 heavy (non-hydrogen) atoms. The third-order valence-electron chi connectivity index (χ3n) is 2.08. The Bertz CT molecular complexity index is 707. The Morgan fingerprint density at radius 2 is 1.14 bits per heavy atom. The molecule has 164 valence electrons. The lowest BCUT2D eigenvalue weighted by Crippen LogP contribution is -3.00. The predicted molar refractivity (Wildman–Crippen MR) is 87.8 cm³/mol. The van der Waals surface area contributed by atoms with Crippen molar-refractivity contribution in [2.24, 2.45) is 0 Å². The van der Waals surface area contributed by atoms with Crippen molar-refractivity contribution in [3.05, 3.63) is 48.5 Å². The molecular weight excluding hydrogens is 644 g/mol. The van der Waals surface area contributed by atoms with Crippen LogP contribution in [0.3, 0.4) is 0 Å². The third kappa shape index (κ3) is 25.7. The van der Waals surface area contributed by atoms with E-state index in [2.05, 4.69) is 16.0 Å². The van der Waals surface area contributed by atoms with E-state index in [9.17, 15) is 18.9 Å². The number of phenols is 1. The van der Waals surface area contributed by atoms with Gasteiger partial charge in [0.2, 0.25) is 0 Å². The Morgan fingerprint density at radius 3 is 1.39 bits per heavy atom. The summed E-state index contributed by atoms with van der Waals surface area (Å²) in [7, 11) is -8.56. The monoisotopic (exact) mass is 665 g/mol.